The number of hydrogen-bond acceptors (Lipinski definition) is 2. The second kappa shape index (κ2) is 8.87. The molecule has 1 atom stereocenters. The van der Waals surface area contributed by atoms with Crippen LogP contribution in [-0.2, 0) is 11.2 Å². The van der Waals surface area contributed by atoms with Crippen LogP contribution in [0.5, 0.6) is 0 Å². The van der Waals surface area contributed by atoms with E-state index >= 15 is 0 Å². The van der Waals surface area contributed by atoms with Gasteiger partial charge in [0.2, 0.25) is 0 Å². The van der Waals surface area contributed by atoms with Crippen LogP contribution in [0.3, 0.4) is 0 Å². The van der Waals surface area contributed by atoms with Crippen molar-refractivity contribution in [3.05, 3.63) is 35.9 Å². The first-order valence-electron chi connectivity index (χ1n) is 7.47. The van der Waals surface area contributed by atoms with Gasteiger partial charge in [-0.05, 0) is 31.9 Å². The molecule has 0 aliphatic rings. The van der Waals surface area contributed by atoms with E-state index in [2.05, 4.69) is 25.7 Å². The molecule has 0 fully saturated rings. The third-order valence-electron chi connectivity index (χ3n) is 3.64. The molecule has 0 aliphatic carbocycles. The average Bonchev–Trinajstić information content (AvgIpc) is 2.43. The molecule has 0 bridgehead atoms. The normalized spacial score (nSPS) is 12.6. The van der Waals surface area contributed by atoms with Crippen LogP contribution in [-0.4, -0.2) is 29.8 Å². The molecule has 1 rings (SSSR count). The largest absolute Gasteiger partial charge is 0.298 e. The summed E-state index contributed by atoms with van der Waals surface area (Å²) in [5.74, 6) is 0.322. The number of unbranched alkanes of at least 4 members (excludes halogenated alkanes) is 1. The maximum atomic E-state index is 12.2. The van der Waals surface area contributed by atoms with Crippen molar-refractivity contribution in [1.82, 2.24) is 4.90 Å². The summed E-state index contributed by atoms with van der Waals surface area (Å²) < 4.78 is 0. The Kier molecular flexibility index (Phi) is 7.42. The molecule has 0 radical (unpaired) electrons. The third-order valence-corrected chi connectivity index (χ3v) is 3.64. The fourth-order valence-corrected chi connectivity index (χ4v) is 2.18. The molecule has 1 aromatic carbocycles. The first-order chi connectivity index (χ1) is 9.17. The summed E-state index contributed by atoms with van der Waals surface area (Å²) in [5.41, 5.74) is 1.12. The molecule has 19 heavy (non-hydrogen) atoms. The molecule has 0 amide bonds. The number of nitrogens with zero attached hydrogens (tertiary/aromatic N) is 1. The molecule has 0 heterocycles. The summed E-state index contributed by atoms with van der Waals surface area (Å²) in [7, 11) is 0. The molecule has 0 aromatic heterocycles. The number of carbonyl (C=O) groups excluding carboxylic acids is 1. The van der Waals surface area contributed by atoms with Crippen molar-refractivity contribution < 1.29 is 4.79 Å². The second-order valence-corrected chi connectivity index (χ2v) is 5.28. The van der Waals surface area contributed by atoms with Gasteiger partial charge in [-0.2, -0.15) is 0 Å². The Labute approximate surface area is 117 Å². The van der Waals surface area contributed by atoms with E-state index in [4.69, 9.17) is 0 Å². The van der Waals surface area contributed by atoms with E-state index in [9.17, 15) is 4.79 Å². The maximum absolute atomic E-state index is 12.2. The minimum absolute atomic E-state index is 0.322. The Morgan fingerprint density at radius 1 is 1.21 bits per heavy atom. The number of carbonyl (C=O) groups is 1. The first-order valence-corrected chi connectivity index (χ1v) is 7.47. The molecule has 106 valence electrons. The first kappa shape index (κ1) is 15.9. The van der Waals surface area contributed by atoms with Crippen molar-refractivity contribution in [2.75, 3.05) is 13.1 Å². The van der Waals surface area contributed by atoms with Gasteiger partial charge in [0, 0.05) is 12.5 Å². The molecule has 1 aromatic rings. The lowest BCUT2D eigenvalue weighted by Crippen LogP contribution is -2.38. The molecule has 0 aliphatic heterocycles. The highest BCUT2D eigenvalue weighted by molar-refractivity contribution is 5.82. The van der Waals surface area contributed by atoms with Crippen molar-refractivity contribution in [2.24, 2.45) is 0 Å². The molecule has 2 nitrogen and oxygen atoms in total. The van der Waals surface area contributed by atoms with Gasteiger partial charge in [0.05, 0.1) is 6.54 Å². The molecule has 0 spiro atoms. The van der Waals surface area contributed by atoms with Crippen LogP contribution in [0.15, 0.2) is 30.3 Å². The van der Waals surface area contributed by atoms with Crippen molar-refractivity contribution in [1.29, 1.82) is 0 Å². The quantitative estimate of drug-likeness (QED) is 0.675. The zero-order valence-corrected chi connectivity index (χ0v) is 12.6. The molecule has 1 unspecified atom stereocenters. The van der Waals surface area contributed by atoms with Crippen LogP contribution in [0.25, 0.3) is 0 Å². The monoisotopic (exact) mass is 261 g/mol. The fourth-order valence-electron chi connectivity index (χ4n) is 2.18. The Morgan fingerprint density at radius 3 is 2.47 bits per heavy atom. The lowest BCUT2D eigenvalue weighted by molar-refractivity contribution is -0.120. The zero-order chi connectivity index (χ0) is 14.1. The van der Waals surface area contributed by atoms with Crippen molar-refractivity contribution in [3.8, 4) is 0 Å². The number of rotatable bonds is 9. The van der Waals surface area contributed by atoms with E-state index in [1.54, 1.807) is 0 Å². The molecule has 2 heteroatoms. The average molecular weight is 261 g/mol. The number of Topliss-reactive ketones (excluding diaryl/α,β-unsaturated/α-hetero) is 1. The van der Waals surface area contributed by atoms with Gasteiger partial charge >= 0.3 is 0 Å². The van der Waals surface area contributed by atoms with Gasteiger partial charge in [-0.1, -0.05) is 50.6 Å². The van der Waals surface area contributed by atoms with Gasteiger partial charge in [-0.25, -0.2) is 0 Å². The van der Waals surface area contributed by atoms with Crippen molar-refractivity contribution in [2.45, 2.75) is 52.5 Å². The summed E-state index contributed by atoms with van der Waals surface area (Å²) in [4.78, 5) is 14.5. The minimum Gasteiger partial charge on any atom is -0.298 e. The predicted molar refractivity (Wildman–Crippen MR) is 81.4 cm³/mol. The van der Waals surface area contributed by atoms with Crippen LogP contribution in [0.1, 0.15) is 45.6 Å². The molecular weight excluding hydrogens is 234 g/mol. The predicted octanol–water partition coefficient (Wildman–Crippen LogP) is 3.70. The molecule has 0 N–H and O–H groups in total. The van der Waals surface area contributed by atoms with E-state index in [0.29, 0.717) is 24.8 Å². The lowest BCUT2D eigenvalue weighted by atomic mass is 10.1. The van der Waals surface area contributed by atoms with Crippen LogP contribution < -0.4 is 0 Å². The van der Waals surface area contributed by atoms with E-state index in [1.165, 1.54) is 12.8 Å². The standard InChI is InChI=1S/C17H27NO/c1-4-6-12-18(15(3)5-2)14-17(19)13-16-10-8-7-9-11-16/h7-11,15H,4-6,12-14H2,1-3H3. The topological polar surface area (TPSA) is 20.3 Å². The second-order valence-electron chi connectivity index (χ2n) is 5.28. The van der Waals surface area contributed by atoms with Crippen LogP contribution in [0, 0.1) is 0 Å². The number of benzene rings is 1. The smallest absolute Gasteiger partial charge is 0.151 e. The third kappa shape index (κ3) is 6.02. The van der Waals surface area contributed by atoms with E-state index in [0.717, 1.165) is 18.5 Å². The Hall–Kier alpha value is -1.15. The Morgan fingerprint density at radius 2 is 1.89 bits per heavy atom. The lowest BCUT2D eigenvalue weighted by Gasteiger charge is -2.27. The summed E-state index contributed by atoms with van der Waals surface area (Å²) in [6.07, 6.45) is 4.00. The summed E-state index contributed by atoms with van der Waals surface area (Å²) in [6.45, 7) is 8.22. The molecule has 0 saturated heterocycles. The van der Waals surface area contributed by atoms with E-state index < -0.39 is 0 Å². The van der Waals surface area contributed by atoms with E-state index in [1.807, 2.05) is 30.3 Å². The van der Waals surface area contributed by atoms with Crippen molar-refractivity contribution >= 4 is 5.78 Å². The number of ketones is 1. The van der Waals surface area contributed by atoms with Crippen LogP contribution in [0.4, 0.5) is 0 Å². The fraction of sp³-hybridized carbons (Fsp3) is 0.588. The van der Waals surface area contributed by atoms with Gasteiger partial charge in [0.25, 0.3) is 0 Å². The van der Waals surface area contributed by atoms with Gasteiger partial charge < -0.3 is 0 Å². The number of hydrogen-bond donors (Lipinski definition) is 0. The minimum atomic E-state index is 0.322. The van der Waals surface area contributed by atoms with E-state index in [-0.39, 0.29) is 0 Å². The van der Waals surface area contributed by atoms with Crippen molar-refractivity contribution in [3.63, 3.8) is 0 Å². The highest BCUT2D eigenvalue weighted by Gasteiger charge is 2.15. The Balaban J connectivity index is 2.50. The van der Waals surface area contributed by atoms with Gasteiger partial charge in [-0.15, -0.1) is 0 Å². The molecule has 0 saturated carbocycles. The Bertz CT molecular complexity index is 361. The highest BCUT2D eigenvalue weighted by Crippen LogP contribution is 2.07. The van der Waals surface area contributed by atoms with Gasteiger partial charge in [0.1, 0.15) is 0 Å². The maximum Gasteiger partial charge on any atom is 0.151 e. The summed E-state index contributed by atoms with van der Waals surface area (Å²) in [5, 5.41) is 0. The van der Waals surface area contributed by atoms with Crippen LogP contribution in [0.2, 0.25) is 0 Å². The zero-order valence-electron chi connectivity index (χ0n) is 12.6. The van der Waals surface area contributed by atoms with Crippen LogP contribution >= 0.6 is 0 Å². The summed E-state index contributed by atoms with van der Waals surface area (Å²) in [6, 6.07) is 10.5. The highest BCUT2D eigenvalue weighted by atomic mass is 16.1. The summed E-state index contributed by atoms with van der Waals surface area (Å²) >= 11 is 0. The molecular formula is C17H27NO. The van der Waals surface area contributed by atoms with Gasteiger partial charge in [-0.3, -0.25) is 9.69 Å². The SMILES string of the molecule is CCCCN(CC(=O)Cc1ccccc1)C(C)CC. The van der Waals surface area contributed by atoms with Gasteiger partial charge in [0.15, 0.2) is 5.78 Å².